The summed E-state index contributed by atoms with van der Waals surface area (Å²) in [6, 6.07) is 13.6. The van der Waals surface area contributed by atoms with Gasteiger partial charge in [-0.1, -0.05) is 18.2 Å². The summed E-state index contributed by atoms with van der Waals surface area (Å²) in [7, 11) is 0. The number of halogens is 2. The third kappa shape index (κ3) is 5.14. The largest absolute Gasteiger partial charge is 0.334 e. The number of likely N-dealkylation sites (tertiary alicyclic amines) is 1. The van der Waals surface area contributed by atoms with Gasteiger partial charge >= 0.3 is 0 Å². The molecule has 2 heterocycles. The minimum absolute atomic E-state index is 0. The molecule has 1 N–H and O–H groups in total. The molecule has 0 unspecified atom stereocenters. The molecule has 2 aliphatic heterocycles. The van der Waals surface area contributed by atoms with Crippen LogP contribution in [0.5, 0.6) is 0 Å². The number of hydrogen-bond donors (Lipinski definition) is 1. The molecule has 154 valence electrons. The number of benzene rings is 2. The van der Waals surface area contributed by atoms with Gasteiger partial charge in [0.05, 0.1) is 6.54 Å². The van der Waals surface area contributed by atoms with Crippen LogP contribution in [0.4, 0.5) is 10.1 Å². The Bertz CT molecular complexity index is 867. The highest BCUT2D eigenvalue weighted by Gasteiger charge is 2.30. The Morgan fingerprint density at radius 2 is 1.76 bits per heavy atom. The van der Waals surface area contributed by atoms with Crippen LogP contribution in [-0.4, -0.2) is 47.8 Å². The summed E-state index contributed by atoms with van der Waals surface area (Å²) in [6.45, 7) is 3.50. The fourth-order valence-electron chi connectivity index (χ4n) is 4.04. The van der Waals surface area contributed by atoms with Gasteiger partial charge in [-0.25, -0.2) is 4.39 Å². The van der Waals surface area contributed by atoms with Gasteiger partial charge in [-0.15, -0.1) is 12.4 Å². The summed E-state index contributed by atoms with van der Waals surface area (Å²) < 4.78 is 12.9. The molecule has 0 aromatic heterocycles. The van der Waals surface area contributed by atoms with Crippen LogP contribution in [0.25, 0.3) is 0 Å². The van der Waals surface area contributed by atoms with E-state index in [0.29, 0.717) is 24.7 Å². The first-order valence-corrected chi connectivity index (χ1v) is 9.73. The van der Waals surface area contributed by atoms with Crippen LogP contribution in [0.2, 0.25) is 0 Å². The molecule has 2 amide bonds. The zero-order chi connectivity index (χ0) is 19.5. The van der Waals surface area contributed by atoms with Crippen molar-refractivity contribution in [1.82, 2.24) is 9.80 Å². The average molecular weight is 418 g/mol. The molecular weight excluding hydrogens is 393 g/mol. The summed E-state index contributed by atoms with van der Waals surface area (Å²) in [6.07, 6.45) is 1.95. The summed E-state index contributed by atoms with van der Waals surface area (Å²) in [5, 5.41) is 2.80. The van der Waals surface area contributed by atoms with Gasteiger partial charge in [0.1, 0.15) is 5.82 Å². The standard InChI is InChI=1S/C22H24FN3O2.ClH/c23-18-5-7-19(8-6-18)24-21(27)15-25-11-9-16(10-12-25)13-26-14-17-3-1-2-4-20(17)22(26)28;/h1-8,16H,9-15H2,(H,24,27);1H. The highest BCUT2D eigenvalue weighted by Crippen LogP contribution is 2.26. The molecule has 7 heteroatoms. The van der Waals surface area contributed by atoms with E-state index in [4.69, 9.17) is 0 Å². The lowest BCUT2D eigenvalue weighted by Gasteiger charge is -2.33. The summed E-state index contributed by atoms with van der Waals surface area (Å²) in [4.78, 5) is 28.8. The molecule has 29 heavy (non-hydrogen) atoms. The maximum absolute atomic E-state index is 12.9. The van der Waals surface area contributed by atoms with Crippen molar-refractivity contribution in [2.24, 2.45) is 5.92 Å². The molecule has 5 nitrogen and oxygen atoms in total. The fourth-order valence-corrected chi connectivity index (χ4v) is 4.04. The summed E-state index contributed by atoms with van der Waals surface area (Å²) in [5.74, 6) is 0.196. The van der Waals surface area contributed by atoms with Crippen molar-refractivity contribution in [3.8, 4) is 0 Å². The molecule has 0 aliphatic carbocycles. The molecule has 0 bridgehead atoms. The monoisotopic (exact) mass is 417 g/mol. The smallest absolute Gasteiger partial charge is 0.254 e. The first-order chi connectivity index (χ1) is 13.6. The predicted molar refractivity (Wildman–Crippen MR) is 113 cm³/mol. The zero-order valence-electron chi connectivity index (χ0n) is 16.1. The number of piperidine rings is 1. The van der Waals surface area contributed by atoms with Crippen molar-refractivity contribution < 1.29 is 14.0 Å². The van der Waals surface area contributed by atoms with Crippen LogP contribution in [0.15, 0.2) is 48.5 Å². The Morgan fingerprint density at radius 3 is 2.45 bits per heavy atom. The second-order valence-corrected chi connectivity index (χ2v) is 7.62. The molecule has 2 aliphatic rings. The fraction of sp³-hybridized carbons (Fsp3) is 0.364. The maximum Gasteiger partial charge on any atom is 0.254 e. The predicted octanol–water partition coefficient (Wildman–Crippen LogP) is 3.55. The van der Waals surface area contributed by atoms with Crippen molar-refractivity contribution >= 4 is 29.9 Å². The number of nitrogens with zero attached hydrogens (tertiary/aromatic N) is 2. The van der Waals surface area contributed by atoms with Gasteiger partial charge in [0.25, 0.3) is 5.91 Å². The molecule has 4 rings (SSSR count). The quantitative estimate of drug-likeness (QED) is 0.809. The minimum Gasteiger partial charge on any atom is -0.334 e. The molecule has 1 fully saturated rings. The van der Waals surface area contributed by atoms with Crippen LogP contribution in [-0.2, 0) is 11.3 Å². The SMILES string of the molecule is Cl.O=C(CN1CCC(CN2Cc3ccccc3C2=O)CC1)Nc1ccc(F)cc1. The first-order valence-electron chi connectivity index (χ1n) is 9.73. The van der Waals surface area contributed by atoms with Gasteiger partial charge in [0.15, 0.2) is 0 Å². The Balaban J connectivity index is 0.00000240. The highest BCUT2D eigenvalue weighted by molar-refractivity contribution is 5.98. The molecule has 2 aromatic rings. The number of hydrogen-bond acceptors (Lipinski definition) is 3. The maximum atomic E-state index is 12.9. The highest BCUT2D eigenvalue weighted by atomic mass is 35.5. The van der Waals surface area contributed by atoms with E-state index in [1.807, 2.05) is 29.2 Å². The number of nitrogens with one attached hydrogen (secondary N) is 1. The van der Waals surface area contributed by atoms with Crippen molar-refractivity contribution in [2.75, 3.05) is 31.5 Å². The normalized spacial score (nSPS) is 17.0. The molecule has 0 radical (unpaired) electrons. The van der Waals surface area contributed by atoms with Crippen molar-refractivity contribution in [3.63, 3.8) is 0 Å². The Morgan fingerprint density at radius 1 is 1.07 bits per heavy atom. The van der Waals surface area contributed by atoms with Crippen LogP contribution in [0.3, 0.4) is 0 Å². The number of amides is 2. The van der Waals surface area contributed by atoms with Crippen LogP contribution < -0.4 is 5.32 Å². The minimum atomic E-state index is -0.320. The zero-order valence-corrected chi connectivity index (χ0v) is 17.0. The van der Waals surface area contributed by atoms with Gasteiger partial charge < -0.3 is 10.2 Å². The number of carbonyl (C=O) groups is 2. The van der Waals surface area contributed by atoms with Crippen molar-refractivity contribution in [3.05, 3.63) is 65.5 Å². The lowest BCUT2D eigenvalue weighted by Crippen LogP contribution is -2.42. The number of rotatable bonds is 5. The third-order valence-corrected chi connectivity index (χ3v) is 5.58. The van der Waals surface area contributed by atoms with E-state index in [2.05, 4.69) is 10.2 Å². The Kier molecular flexibility index (Phi) is 6.87. The Hall–Kier alpha value is -2.44. The van der Waals surface area contributed by atoms with Crippen LogP contribution >= 0.6 is 12.4 Å². The summed E-state index contributed by atoms with van der Waals surface area (Å²) >= 11 is 0. The molecular formula is C22H25ClFN3O2. The van der Waals surface area contributed by atoms with Gasteiger partial charge in [-0.05, 0) is 67.7 Å². The number of anilines is 1. The molecule has 0 spiro atoms. The van der Waals surface area contributed by atoms with Crippen molar-refractivity contribution in [1.29, 1.82) is 0 Å². The van der Waals surface area contributed by atoms with Crippen molar-refractivity contribution in [2.45, 2.75) is 19.4 Å². The third-order valence-electron chi connectivity index (χ3n) is 5.58. The van der Waals surface area contributed by atoms with Gasteiger partial charge in [-0.3, -0.25) is 14.5 Å². The van der Waals surface area contributed by atoms with E-state index in [1.165, 1.54) is 12.1 Å². The van der Waals surface area contributed by atoms with Gasteiger partial charge in [0.2, 0.25) is 5.91 Å². The van der Waals surface area contributed by atoms with E-state index < -0.39 is 0 Å². The number of fused-ring (bicyclic) bond motifs is 1. The second kappa shape index (κ2) is 9.37. The topological polar surface area (TPSA) is 52.7 Å². The van der Waals surface area contributed by atoms with E-state index >= 15 is 0 Å². The summed E-state index contributed by atoms with van der Waals surface area (Å²) in [5.41, 5.74) is 2.55. The molecule has 0 saturated carbocycles. The van der Waals surface area contributed by atoms with E-state index in [0.717, 1.165) is 43.6 Å². The lowest BCUT2D eigenvalue weighted by molar-refractivity contribution is -0.117. The Labute approximate surface area is 176 Å². The number of carbonyl (C=O) groups excluding carboxylic acids is 2. The van der Waals surface area contributed by atoms with E-state index in [1.54, 1.807) is 12.1 Å². The first kappa shape index (κ1) is 21.3. The molecule has 2 aromatic carbocycles. The molecule has 1 saturated heterocycles. The average Bonchev–Trinajstić information content (AvgIpc) is 3.01. The lowest BCUT2D eigenvalue weighted by atomic mass is 9.96. The van der Waals surface area contributed by atoms with Crippen LogP contribution in [0.1, 0.15) is 28.8 Å². The second-order valence-electron chi connectivity index (χ2n) is 7.62. The van der Waals surface area contributed by atoms with Gasteiger partial charge in [0, 0.05) is 24.3 Å². The van der Waals surface area contributed by atoms with Gasteiger partial charge in [-0.2, -0.15) is 0 Å². The van der Waals surface area contributed by atoms with E-state index in [-0.39, 0.29) is 30.0 Å². The van der Waals surface area contributed by atoms with Crippen LogP contribution in [0, 0.1) is 11.7 Å². The van der Waals surface area contributed by atoms with E-state index in [9.17, 15) is 14.0 Å². The molecule has 0 atom stereocenters.